The molecule has 1 aliphatic heterocycles. The molecule has 25 heavy (non-hydrogen) atoms. The fourth-order valence-electron chi connectivity index (χ4n) is 3.28. The molecule has 5 heteroatoms. The number of fused-ring (bicyclic) bond motifs is 1. The fourth-order valence-corrected chi connectivity index (χ4v) is 4.35. The highest BCUT2D eigenvalue weighted by Gasteiger charge is 2.24. The van der Waals surface area contributed by atoms with Crippen molar-refractivity contribution >= 4 is 28.0 Å². The summed E-state index contributed by atoms with van der Waals surface area (Å²) in [5.74, 6) is 0.120. The van der Waals surface area contributed by atoms with Gasteiger partial charge in [0.1, 0.15) is 9.88 Å². The van der Waals surface area contributed by atoms with E-state index in [9.17, 15) is 4.79 Å². The molecule has 1 aliphatic rings. The first-order valence-electron chi connectivity index (χ1n) is 8.57. The number of carbonyl (C=O) groups is 1. The number of nitrogens with zero attached hydrogens (tertiary/aromatic N) is 3. The molecule has 1 fully saturated rings. The molecule has 0 spiro atoms. The zero-order valence-electron chi connectivity index (χ0n) is 14.5. The zero-order valence-corrected chi connectivity index (χ0v) is 15.3. The van der Waals surface area contributed by atoms with E-state index in [1.807, 2.05) is 24.0 Å². The Morgan fingerprint density at radius 2 is 1.76 bits per heavy atom. The minimum Gasteiger partial charge on any atom is -0.335 e. The minimum absolute atomic E-state index is 0.120. The molecule has 4 nitrogen and oxygen atoms in total. The molecule has 0 saturated carbocycles. The van der Waals surface area contributed by atoms with Crippen LogP contribution in [0.25, 0.3) is 21.3 Å². The number of aryl methyl sites for hydroxylation is 1. The Morgan fingerprint density at radius 1 is 1.04 bits per heavy atom. The lowest BCUT2D eigenvalue weighted by molar-refractivity contribution is 0.0668. The molecule has 1 aromatic heterocycles. The number of piperazine rings is 1. The minimum atomic E-state index is 0.120. The molecule has 0 aliphatic carbocycles. The van der Waals surface area contributed by atoms with Crippen LogP contribution in [0.15, 0.2) is 42.5 Å². The van der Waals surface area contributed by atoms with Crippen molar-refractivity contribution in [1.82, 2.24) is 14.8 Å². The highest BCUT2D eigenvalue weighted by Crippen LogP contribution is 2.33. The first kappa shape index (κ1) is 16.2. The molecule has 0 atom stereocenters. The Kier molecular flexibility index (Phi) is 4.27. The Bertz CT molecular complexity index is 920. The van der Waals surface area contributed by atoms with Gasteiger partial charge >= 0.3 is 0 Å². The van der Waals surface area contributed by atoms with Crippen LogP contribution in [0.3, 0.4) is 0 Å². The standard InChI is InChI=1S/C20H21N3OS/c1-14-18(20(24)23-12-10-22(2)11-13-23)25-19(21-14)17-9-5-7-15-6-3-4-8-16(15)17/h3-9H,10-13H2,1-2H3. The van der Waals surface area contributed by atoms with Crippen LogP contribution >= 0.6 is 11.3 Å². The normalized spacial score (nSPS) is 15.7. The highest BCUT2D eigenvalue weighted by molar-refractivity contribution is 7.17. The van der Waals surface area contributed by atoms with Gasteiger partial charge in [-0.3, -0.25) is 4.79 Å². The molecule has 1 amide bonds. The molecule has 128 valence electrons. The van der Waals surface area contributed by atoms with E-state index in [4.69, 9.17) is 4.98 Å². The van der Waals surface area contributed by atoms with E-state index < -0.39 is 0 Å². The number of aromatic nitrogens is 1. The predicted octanol–water partition coefficient (Wildman–Crippen LogP) is 3.66. The number of benzene rings is 2. The number of thiazole rings is 1. The third-order valence-corrected chi connectivity index (χ3v) is 5.98. The maximum atomic E-state index is 12.9. The summed E-state index contributed by atoms with van der Waals surface area (Å²) < 4.78 is 0. The second kappa shape index (κ2) is 6.58. The molecule has 0 radical (unpaired) electrons. The largest absolute Gasteiger partial charge is 0.335 e. The van der Waals surface area contributed by atoms with Gasteiger partial charge in [0.2, 0.25) is 0 Å². The summed E-state index contributed by atoms with van der Waals surface area (Å²) in [4.78, 5) is 22.6. The van der Waals surface area contributed by atoms with Crippen LogP contribution in [0.1, 0.15) is 15.4 Å². The van der Waals surface area contributed by atoms with Crippen LogP contribution in [-0.4, -0.2) is 53.9 Å². The Morgan fingerprint density at radius 3 is 2.56 bits per heavy atom. The number of hydrogen-bond acceptors (Lipinski definition) is 4. The number of carbonyl (C=O) groups excluding carboxylic acids is 1. The molecule has 0 N–H and O–H groups in total. The molecule has 0 bridgehead atoms. The first-order chi connectivity index (χ1) is 12.1. The summed E-state index contributed by atoms with van der Waals surface area (Å²) in [6.45, 7) is 5.38. The van der Waals surface area contributed by atoms with Crippen molar-refractivity contribution in [3.8, 4) is 10.6 Å². The maximum absolute atomic E-state index is 12.9. The fraction of sp³-hybridized carbons (Fsp3) is 0.300. The van der Waals surface area contributed by atoms with E-state index >= 15 is 0 Å². The van der Waals surface area contributed by atoms with E-state index in [1.165, 1.54) is 22.1 Å². The van der Waals surface area contributed by atoms with Gasteiger partial charge in [-0.15, -0.1) is 11.3 Å². The van der Waals surface area contributed by atoms with E-state index in [-0.39, 0.29) is 5.91 Å². The topological polar surface area (TPSA) is 36.4 Å². The van der Waals surface area contributed by atoms with Gasteiger partial charge in [-0.1, -0.05) is 42.5 Å². The van der Waals surface area contributed by atoms with Gasteiger partial charge in [0, 0.05) is 31.7 Å². The van der Waals surface area contributed by atoms with Crippen LogP contribution in [0, 0.1) is 6.92 Å². The lowest BCUT2D eigenvalue weighted by atomic mass is 10.1. The van der Waals surface area contributed by atoms with Crippen LogP contribution in [-0.2, 0) is 0 Å². The van der Waals surface area contributed by atoms with Gasteiger partial charge in [0.15, 0.2) is 0 Å². The van der Waals surface area contributed by atoms with Crippen molar-refractivity contribution in [2.75, 3.05) is 33.2 Å². The molecular weight excluding hydrogens is 330 g/mol. The molecule has 4 rings (SSSR count). The summed E-state index contributed by atoms with van der Waals surface area (Å²) in [6.07, 6.45) is 0. The highest BCUT2D eigenvalue weighted by atomic mass is 32.1. The van der Waals surface area contributed by atoms with Crippen molar-refractivity contribution in [3.63, 3.8) is 0 Å². The summed E-state index contributed by atoms with van der Waals surface area (Å²) in [6, 6.07) is 14.6. The Hall–Kier alpha value is -2.24. The van der Waals surface area contributed by atoms with Crippen molar-refractivity contribution in [2.45, 2.75) is 6.92 Å². The Labute approximate surface area is 151 Å². The van der Waals surface area contributed by atoms with Crippen LogP contribution in [0.2, 0.25) is 0 Å². The average Bonchev–Trinajstić information content (AvgIpc) is 3.03. The second-order valence-corrected chi connectivity index (χ2v) is 7.55. The quantitative estimate of drug-likeness (QED) is 0.707. The van der Waals surface area contributed by atoms with Gasteiger partial charge in [0.25, 0.3) is 5.91 Å². The van der Waals surface area contributed by atoms with E-state index in [0.29, 0.717) is 0 Å². The van der Waals surface area contributed by atoms with Gasteiger partial charge in [0.05, 0.1) is 5.69 Å². The van der Waals surface area contributed by atoms with Gasteiger partial charge in [-0.25, -0.2) is 4.98 Å². The summed E-state index contributed by atoms with van der Waals surface area (Å²) in [5, 5.41) is 3.30. The monoisotopic (exact) mass is 351 g/mol. The first-order valence-corrected chi connectivity index (χ1v) is 9.38. The summed E-state index contributed by atoms with van der Waals surface area (Å²) in [5.41, 5.74) is 1.93. The predicted molar refractivity (Wildman–Crippen MR) is 103 cm³/mol. The summed E-state index contributed by atoms with van der Waals surface area (Å²) >= 11 is 1.51. The lowest BCUT2D eigenvalue weighted by Crippen LogP contribution is -2.47. The third-order valence-electron chi connectivity index (χ3n) is 4.80. The number of amides is 1. The van der Waals surface area contributed by atoms with Crippen molar-refractivity contribution in [3.05, 3.63) is 53.0 Å². The molecule has 1 saturated heterocycles. The molecule has 2 aromatic carbocycles. The third kappa shape index (κ3) is 3.05. The zero-order chi connectivity index (χ0) is 17.4. The smallest absolute Gasteiger partial charge is 0.265 e. The summed E-state index contributed by atoms with van der Waals surface area (Å²) in [7, 11) is 2.10. The number of hydrogen-bond donors (Lipinski definition) is 0. The number of rotatable bonds is 2. The van der Waals surface area contributed by atoms with Crippen molar-refractivity contribution in [2.24, 2.45) is 0 Å². The second-order valence-electron chi connectivity index (χ2n) is 6.56. The van der Waals surface area contributed by atoms with Gasteiger partial charge in [-0.05, 0) is 24.7 Å². The van der Waals surface area contributed by atoms with Crippen LogP contribution in [0.4, 0.5) is 0 Å². The van der Waals surface area contributed by atoms with Crippen LogP contribution in [0.5, 0.6) is 0 Å². The van der Waals surface area contributed by atoms with Gasteiger partial charge < -0.3 is 9.80 Å². The number of likely N-dealkylation sites (N-methyl/N-ethyl adjacent to an activating group) is 1. The van der Waals surface area contributed by atoms with Crippen molar-refractivity contribution < 1.29 is 4.79 Å². The molecule has 2 heterocycles. The maximum Gasteiger partial charge on any atom is 0.265 e. The lowest BCUT2D eigenvalue weighted by Gasteiger charge is -2.32. The van der Waals surface area contributed by atoms with Gasteiger partial charge in [-0.2, -0.15) is 0 Å². The van der Waals surface area contributed by atoms with E-state index in [0.717, 1.165) is 47.3 Å². The van der Waals surface area contributed by atoms with E-state index in [2.05, 4.69) is 42.3 Å². The van der Waals surface area contributed by atoms with Crippen molar-refractivity contribution in [1.29, 1.82) is 0 Å². The Balaban J connectivity index is 1.69. The van der Waals surface area contributed by atoms with E-state index in [1.54, 1.807) is 0 Å². The van der Waals surface area contributed by atoms with Crippen LogP contribution < -0.4 is 0 Å². The molecule has 3 aromatic rings. The SMILES string of the molecule is Cc1nc(-c2cccc3ccccc23)sc1C(=O)N1CCN(C)CC1. The molecule has 0 unspecified atom stereocenters. The average molecular weight is 351 g/mol. The molecular formula is C20H21N3OS.